The summed E-state index contributed by atoms with van der Waals surface area (Å²) in [6.07, 6.45) is 2.84. The van der Waals surface area contributed by atoms with E-state index < -0.39 is 0 Å². The van der Waals surface area contributed by atoms with Gasteiger partial charge in [-0.2, -0.15) is 0 Å². The molecule has 5 nitrogen and oxygen atoms in total. The van der Waals surface area contributed by atoms with Gasteiger partial charge >= 0.3 is 0 Å². The third kappa shape index (κ3) is 3.07. The van der Waals surface area contributed by atoms with Crippen molar-refractivity contribution < 1.29 is 4.74 Å². The SMILES string of the molecule is CCOc1cccc(-c2cn(CCCN)nn2)c1. The molecule has 0 atom stereocenters. The average molecular weight is 246 g/mol. The van der Waals surface area contributed by atoms with Gasteiger partial charge in [-0.15, -0.1) is 5.10 Å². The summed E-state index contributed by atoms with van der Waals surface area (Å²) in [6.45, 7) is 4.09. The van der Waals surface area contributed by atoms with Crippen molar-refractivity contribution in [3.05, 3.63) is 30.5 Å². The maximum absolute atomic E-state index is 5.47. The number of benzene rings is 1. The van der Waals surface area contributed by atoms with E-state index >= 15 is 0 Å². The average Bonchev–Trinajstić information content (AvgIpc) is 2.86. The summed E-state index contributed by atoms with van der Waals surface area (Å²) in [5.74, 6) is 0.853. The number of ether oxygens (including phenoxy) is 1. The van der Waals surface area contributed by atoms with Gasteiger partial charge in [-0.25, -0.2) is 0 Å². The largest absolute Gasteiger partial charge is 0.494 e. The Labute approximate surface area is 107 Å². The molecule has 2 N–H and O–H groups in total. The molecule has 2 rings (SSSR count). The molecule has 96 valence electrons. The fourth-order valence-corrected chi connectivity index (χ4v) is 1.71. The molecule has 0 bridgehead atoms. The van der Waals surface area contributed by atoms with E-state index in [0.29, 0.717) is 13.2 Å². The lowest BCUT2D eigenvalue weighted by Crippen LogP contribution is -2.06. The van der Waals surface area contributed by atoms with Crippen molar-refractivity contribution in [2.75, 3.05) is 13.2 Å². The minimum atomic E-state index is 0.659. The van der Waals surface area contributed by atoms with Gasteiger partial charge in [0, 0.05) is 12.1 Å². The van der Waals surface area contributed by atoms with Crippen LogP contribution in [0.2, 0.25) is 0 Å². The zero-order valence-corrected chi connectivity index (χ0v) is 10.5. The Kier molecular flexibility index (Phi) is 4.30. The molecule has 0 spiro atoms. The highest BCUT2D eigenvalue weighted by Crippen LogP contribution is 2.21. The summed E-state index contributed by atoms with van der Waals surface area (Å²) >= 11 is 0. The van der Waals surface area contributed by atoms with E-state index in [9.17, 15) is 0 Å². The maximum Gasteiger partial charge on any atom is 0.119 e. The number of aromatic nitrogens is 3. The number of hydrogen-bond acceptors (Lipinski definition) is 4. The predicted molar refractivity (Wildman–Crippen MR) is 70.3 cm³/mol. The van der Waals surface area contributed by atoms with Gasteiger partial charge in [-0.05, 0) is 32.0 Å². The molecular formula is C13H18N4O. The second-order valence-electron chi connectivity index (χ2n) is 3.97. The first-order valence-electron chi connectivity index (χ1n) is 6.17. The van der Waals surface area contributed by atoms with Crippen LogP contribution in [0.4, 0.5) is 0 Å². The molecule has 2 aromatic rings. The lowest BCUT2D eigenvalue weighted by molar-refractivity contribution is 0.340. The van der Waals surface area contributed by atoms with Gasteiger partial charge < -0.3 is 10.5 Å². The third-order valence-corrected chi connectivity index (χ3v) is 2.57. The van der Waals surface area contributed by atoms with Crippen molar-refractivity contribution in [3.63, 3.8) is 0 Å². The van der Waals surface area contributed by atoms with Crippen molar-refractivity contribution in [3.8, 4) is 17.0 Å². The predicted octanol–water partition coefficient (Wildman–Crippen LogP) is 1.69. The first kappa shape index (κ1) is 12.6. The molecule has 0 saturated carbocycles. The molecule has 0 fully saturated rings. The second kappa shape index (κ2) is 6.16. The van der Waals surface area contributed by atoms with Crippen LogP contribution in [-0.2, 0) is 6.54 Å². The molecular weight excluding hydrogens is 228 g/mol. The van der Waals surface area contributed by atoms with E-state index in [1.807, 2.05) is 42.1 Å². The van der Waals surface area contributed by atoms with Crippen LogP contribution in [0.25, 0.3) is 11.3 Å². The van der Waals surface area contributed by atoms with Crippen LogP contribution in [0.3, 0.4) is 0 Å². The van der Waals surface area contributed by atoms with Crippen LogP contribution < -0.4 is 10.5 Å². The van der Waals surface area contributed by atoms with Crippen LogP contribution in [0.15, 0.2) is 30.5 Å². The maximum atomic E-state index is 5.47. The molecule has 5 heteroatoms. The second-order valence-corrected chi connectivity index (χ2v) is 3.97. The van der Waals surface area contributed by atoms with Crippen molar-refractivity contribution in [1.29, 1.82) is 0 Å². The smallest absolute Gasteiger partial charge is 0.119 e. The minimum absolute atomic E-state index is 0.659. The van der Waals surface area contributed by atoms with E-state index in [2.05, 4.69) is 10.3 Å². The Balaban J connectivity index is 2.15. The van der Waals surface area contributed by atoms with Crippen LogP contribution >= 0.6 is 0 Å². The molecule has 1 aromatic carbocycles. The summed E-state index contributed by atoms with van der Waals surface area (Å²) in [5.41, 5.74) is 7.34. The number of nitrogens with zero attached hydrogens (tertiary/aromatic N) is 3. The summed E-state index contributed by atoms with van der Waals surface area (Å²) in [7, 11) is 0. The lowest BCUT2D eigenvalue weighted by Gasteiger charge is -2.03. The highest BCUT2D eigenvalue weighted by Gasteiger charge is 2.04. The zero-order valence-electron chi connectivity index (χ0n) is 10.5. The standard InChI is InChI=1S/C13H18N4O/c1-2-18-12-6-3-5-11(9-12)13-10-17(16-15-13)8-4-7-14/h3,5-6,9-10H,2,4,7-8,14H2,1H3. The molecule has 0 radical (unpaired) electrons. The Morgan fingerprint density at radius 3 is 3.06 bits per heavy atom. The molecule has 0 unspecified atom stereocenters. The van der Waals surface area contributed by atoms with Crippen LogP contribution in [0.1, 0.15) is 13.3 Å². The van der Waals surface area contributed by atoms with Crippen molar-refractivity contribution in [2.45, 2.75) is 19.9 Å². The highest BCUT2D eigenvalue weighted by atomic mass is 16.5. The van der Waals surface area contributed by atoms with Crippen LogP contribution in [0.5, 0.6) is 5.75 Å². The monoisotopic (exact) mass is 246 g/mol. The van der Waals surface area contributed by atoms with Crippen LogP contribution in [0, 0.1) is 0 Å². The number of rotatable bonds is 6. The Hall–Kier alpha value is -1.88. The van der Waals surface area contributed by atoms with E-state index in [4.69, 9.17) is 10.5 Å². The summed E-state index contributed by atoms with van der Waals surface area (Å²) < 4.78 is 7.28. The number of aryl methyl sites for hydroxylation is 1. The van der Waals surface area contributed by atoms with Gasteiger partial charge in [0.25, 0.3) is 0 Å². The fourth-order valence-electron chi connectivity index (χ4n) is 1.71. The van der Waals surface area contributed by atoms with Gasteiger partial charge in [-0.1, -0.05) is 17.3 Å². The first-order chi connectivity index (χ1) is 8.83. The van der Waals surface area contributed by atoms with E-state index in [-0.39, 0.29) is 0 Å². The Morgan fingerprint density at radius 1 is 1.39 bits per heavy atom. The van der Waals surface area contributed by atoms with Gasteiger partial charge in [0.1, 0.15) is 11.4 Å². The van der Waals surface area contributed by atoms with Crippen molar-refractivity contribution in [1.82, 2.24) is 15.0 Å². The Morgan fingerprint density at radius 2 is 2.28 bits per heavy atom. The van der Waals surface area contributed by atoms with Gasteiger partial charge in [0.05, 0.1) is 12.8 Å². The van der Waals surface area contributed by atoms with Crippen LogP contribution in [-0.4, -0.2) is 28.1 Å². The summed E-state index contributed by atoms with van der Waals surface area (Å²) in [5, 5.41) is 8.23. The van der Waals surface area contributed by atoms with Gasteiger partial charge in [0.15, 0.2) is 0 Å². The normalized spacial score (nSPS) is 10.6. The molecule has 0 aliphatic carbocycles. The highest BCUT2D eigenvalue weighted by molar-refractivity contribution is 5.59. The minimum Gasteiger partial charge on any atom is -0.494 e. The quantitative estimate of drug-likeness (QED) is 0.842. The molecule has 0 saturated heterocycles. The molecule has 18 heavy (non-hydrogen) atoms. The summed E-state index contributed by atoms with van der Waals surface area (Å²) in [6, 6.07) is 7.87. The molecule has 1 heterocycles. The molecule has 0 aliphatic rings. The van der Waals surface area contributed by atoms with Gasteiger partial charge in [-0.3, -0.25) is 4.68 Å². The van der Waals surface area contributed by atoms with E-state index in [1.54, 1.807) is 0 Å². The zero-order chi connectivity index (χ0) is 12.8. The third-order valence-electron chi connectivity index (χ3n) is 2.57. The fraction of sp³-hybridized carbons (Fsp3) is 0.385. The lowest BCUT2D eigenvalue weighted by atomic mass is 10.1. The molecule has 0 amide bonds. The molecule has 0 aliphatic heterocycles. The Bertz CT molecular complexity index is 495. The van der Waals surface area contributed by atoms with Crippen molar-refractivity contribution >= 4 is 0 Å². The first-order valence-corrected chi connectivity index (χ1v) is 6.17. The van der Waals surface area contributed by atoms with E-state index in [1.165, 1.54) is 0 Å². The number of hydrogen-bond donors (Lipinski definition) is 1. The number of nitrogens with two attached hydrogens (primary N) is 1. The summed E-state index contributed by atoms with van der Waals surface area (Å²) in [4.78, 5) is 0. The van der Waals surface area contributed by atoms with Gasteiger partial charge in [0.2, 0.25) is 0 Å². The van der Waals surface area contributed by atoms with Crippen molar-refractivity contribution in [2.24, 2.45) is 5.73 Å². The van der Waals surface area contributed by atoms with E-state index in [0.717, 1.165) is 30.0 Å². The molecule has 1 aromatic heterocycles. The topological polar surface area (TPSA) is 66.0 Å².